The predicted octanol–water partition coefficient (Wildman–Crippen LogP) is 0.276. The summed E-state index contributed by atoms with van der Waals surface area (Å²) in [6.45, 7) is 1.59. The van der Waals surface area contributed by atoms with Gasteiger partial charge in [-0.1, -0.05) is 0 Å². The summed E-state index contributed by atoms with van der Waals surface area (Å²) in [7, 11) is 1.41. The zero-order valence-corrected chi connectivity index (χ0v) is 10.6. The van der Waals surface area contributed by atoms with E-state index < -0.39 is 0 Å². The second kappa shape index (κ2) is 9.06. The minimum absolute atomic E-state index is 0. The van der Waals surface area contributed by atoms with Crippen LogP contribution in [0.15, 0.2) is 0 Å². The third kappa shape index (κ3) is 6.19. The molecule has 0 radical (unpaired) electrons. The average Bonchev–Trinajstić information content (AvgIpc) is 1.84. The number of imide groups is 1. The number of nitrogens with zero attached hydrogens (tertiary/aromatic N) is 1. The van der Waals surface area contributed by atoms with E-state index in [1.165, 1.54) is 13.5 Å². The van der Waals surface area contributed by atoms with E-state index in [1.807, 2.05) is 0 Å². The van der Waals surface area contributed by atoms with Gasteiger partial charge in [-0.2, -0.15) is 6.92 Å². The molecule has 0 aromatic carbocycles. The van der Waals surface area contributed by atoms with Crippen molar-refractivity contribution in [3.05, 3.63) is 13.8 Å². The Morgan fingerprint density at radius 2 is 2.00 bits per heavy atom. The molecule has 0 aliphatic heterocycles. The van der Waals surface area contributed by atoms with Gasteiger partial charge >= 0.3 is 31.1 Å². The van der Waals surface area contributed by atoms with Crippen LogP contribution in [-0.2, 0) is 9.59 Å². The van der Waals surface area contributed by atoms with Crippen molar-refractivity contribution >= 4 is 12.3 Å². The van der Waals surface area contributed by atoms with Crippen LogP contribution in [0.3, 0.4) is 0 Å². The van der Waals surface area contributed by atoms with Gasteiger partial charge in [-0.25, -0.2) is 0 Å². The fourth-order valence-corrected chi connectivity index (χ4v) is 0.256. The van der Waals surface area contributed by atoms with Crippen LogP contribution in [-0.4, -0.2) is 24.3 Å². The molecule has 56 valence electrons. The molecule has 0 aromatic rings. The van der Waals surface area contributed by atoms with Crippen LogP contribution in [0.4, 0.5) is 0 Å². The number of hydrogen-bond acceptors (Lipinski definition) is 2. The van der Waals surface area contributed by atoms with E-state index in [9.17, 15) is 9.59 Å². The minimum Gasteiger partial charge on any atom is -0.358 e. The normalized spacial score (nSPS) is 6.20. The van der Waals surface area contributed by atoms with Crippen molar-refractivity contribution in [2.45, 2.75) is 6.92 Å². The number of carbonyl (C=O) groups excluding carboxylic acids is 2. The van der Waals surface area contributed by atoms with E-state index in [4.69, 9.17) is 0 Å². The molecule has 0 rings (SSSR count). The maximum Gasteiger partial charge on any atom is 2.00 e. The zero-order chi connectivity index (χ0) is 6.57. The molecule has 0 N–H and O–H groups in total. The molecule has 0 aromatic heterocycles. The average molecular weight is 367 g/mol. The van der Waals surface area contributed by atoms with Gasteiger partial charge in [-0.05, 0) is 0 Å². The second-order valence-corrected chi connectivity index (χ2v) is 1.34. The number of carbonyl (C=O) groups is 2. The summed E-state index contributed by atoms with van der Waals surface area (Å²) in [5, 5.41) is 0. The smallest absolute Gasteiger partial charge is 0.358 e. The summed E-state index contributed by atoms with van der Waals surface area (Å²) in [4.78, 5) is 21.1. The van der Waals surface area contributed by atoms with Crippen LogP contribution in [0, 0.1) is 45.0 Å². The van der Waals surface area contributed by atoms with Crippen LogP contribution in [0.1, 0.15) is 6.92 Å². The molecule has 4 heteroatoms. The Morgan fingerprint density at radius 3 is 2.10 bits per heavy atom. The molecule has 0 bridgehead atoms. The van der Waals surface area contributed by atoms with Crippen LogP contribution >= 0.6 is 0 Å². The molecule has 10 heavy (non-hydrogen) atoms. The second-order valence-electron chi connectivity index (χ2n) is 1.34. The van der Waals surface area contributed by atoms with Crippen molar-refractivity contribution < 1.29 is 40.7 Å². The quantitative estimate of drug-likeness (QED) is 0.519. The topological polar surface area (TPSA) is 37.4 Å². The molecule has 0 aliphatic carbocycles. The summed E-state index contributed by atoms with van der Waals surface area (Å²) in [5.74, 6) is -0.278. The summed E-state index contributed by atoms with van der Waals surface area (Å²) in [6, 6.07) is 0. The molecular weight excluding hydrogens is 356 g/mol. The van der Waals surface area contributed by atoms with E-state index in [2.05, 4.69) is 0 Å². The van der Waals surface area contributed by atoms with Gasteiger partial charge < -0.3 is 23.5 Å². The van der Waals surface area contributed by atoms with Gasteiger partial charge in [0.25, 0.3) is 0 Å². The number of amides is 2. The monoisotopic (exact) mass is 367 g/mol. The standard InChI is InChI=1S/C5H8NO2.CH3.U/c1-3-5(8)6(2)4-7;;/h3-4H,1-2H3;1H3;/q2*-1;+2. The molecule has 0 fully saturated rings. The van der Waals surface area contributed by atoms with Crippen LogP contribution in [0.2, 0.25) is 0 Å². The molecule has 0 unspecified atom stereocenters. The molecule has 0 saturated carbocycles. The van der Waals surface area contributed by atoms with Gasteiger partial charge in [0.15, 0.2) is 0 Å². The fourth-order valence-electron chi connectivity index (χ4n) is 0.256. The summed E-state index contributed by atoms with van der Waals surface area (Å²) >= 11 is 0. The van der Waals surface area contributed by atoms with E-state index in [1.54, 1.807) is 6.92 Å². The maximum absolute atomic E-state index is 10.4. The zero-order valence-electron chi connectivity index (χ0n) is 6.42. The summed E-state index contributed by atoms with van der Waals surface area (Å²) < 4.78 is 0. The Balaban J connectivity index is -0.000000245. The van der Waals surface area contributed by atoms with Crippen molar-refractivity contribution in [3.63, 3.8) is 0 Å². The molecular formula is C6H11NO2U. The van der Waals surface area contributed by atoms with E-state index in [-0.39, 0.29) is 44.4 Å². The Bertz CT molecular complexity index is 106. The molecule has 0 heterocycles. The van der Waals surface area contributed by atoms with Crippen LogP contribution in [0.25, 0.3) is 0 Å². The molecule has 3 nitrogen and oxygen atoms in total. The molecule has 0 atom stereocenters. The van der Waals surface area contributed by atoms with Crippen molar-refractivity contribution in [2.75, 3.05) is 7.05 Å². The first-order valence-electron chi connectivity index (χ1n) is 2.23. The molecule has 0 saturated heterocycles. The maximum atomic E-state index is 10.4. The third-order valence-electron chi connectivity index (χ3n) is 0.753. The van der Waals surface area contributed by atoms with Gasteiger partial charge in [0.2, 0.25) is 6.41 Å². The predicted molar refractivity (Wildman–Crippen MR) is 35.2 cm³/mol. The Hall–Kier alpha value is 0.0619. The Kier molecular flexibility index (Phi) is 15.0. The van der Waals surface area contributed by atoms with Gasteiger partial charge in [0, 0.05) is 7.05 Å². The first kappa shape index (κ1) is 16.6. The number of hydrogen-bond donors (Lipinski definition) is 0. The van der Waals surface area contributed by atoms with E-state index >= 15 is 0 Å². The van der Waals surface area contributed by atoms with Crippen LogP contribution < -0.4 is 0 Å². The van der Waals surface area contributed by atoms with E-state index in [0.717, 1.165) is 4.90 Å². The summed E-state index contributed by atoms with van der Waals surface area (Å²) in [5.41, 5.74) is 0. The largest absolute Gasteiger partial charge is 2.00 e. The first-order valence-corrected chi connectivity index (χ1v) is 2.23. The first-order chi connectivity index (χ1) is 3.72. The van der Waals surface area contributed by atoms with Crippen LogP contribution in [0.5, 0.6) is 0 Å². The van der Waals surface area contributed by atoms with Crippen molar-refractivity contribution in [1.29, 1.82) is 0 Å². The SMILES string of the molecule is C[CH-]C(=O)N(C)C=O.[CH3-].[U+2]. The Labute approximate surface area is 85.5 Å². The van der Waals surface area contributed by atoms with Crippen molar-refractivity contribution in [3.8, 4) is 0 Å². The third-order valence-corrected chi connectivity index (χ3v) is 0.753. The molecule has 0 aliphatic rings. The van der Waals surface area contributed by atoms with Crippen molar-refractivity contribution in [2.24, 2.45) is 0 Å². The van der Waals surface area contributed by atoms with Crippen molar-refractivity contribution in [1.82, 2.24) is 4.90 Å². The number of rotatable bonds is 2. The molecule has 2 amide bonds. The van der Waals surface area contributed by atoms with Gasteiger partial charge in [0.05, 0.1) is 5.91 Å². The minimum atomic E-state index is -0.278. The fraction of sp³-hybridized carbons (Fsp3) is 0.333. The molecule has 0 spiro atoms. The van der Waals surface area contributed by atoms with Gasteiger partial charge in [0.1, 0.15) is 0 Å². The van der Waals surface area contributed by atoms with Gasteiger partial charge in [-0.3, -0.25) is 4.79 Å². The Morgan fingerprint density at radius 1 is 1.60 bits per heavy atom. The van der Waals surface area contributed by atoms with E-state index in [0.29, 0.717) is 6.41 Å². The summed E-state index contributed by atoms with van der Waals surface area (Å²) in [6.07, 6.45) is 1.80. The van der Waals surface area contributed by atoms with Gasteiger partial charge in [-0.15, -0.1) is 0 Å².